The van der Waals surface area contributed by atoms with Crippen molar-refractivity contribution in [2.75, 3.05) is 7.11 Å². The molecule has 6 nitrogen and oxygen atoms in total. The Hall–Kier alpha value is -2.90. The van der Waals surface area contributed by atoms with Gasteiger partial charge in [0.15, 0.2) is 0 Å². The molecule has 4 aromatic rings. The Morgan fingerprint density at radius 1 is 1.10 bits per heavy atom. The number of rotatable bonds is 5. The number of esters is 1. The fourth-order valence-corrected chi connectivity index (χ4v) is 4.01. The molecule has 8 heteroatoms. The summed E-state index contributed by atoms with van der Waals surface area (Å²) in [5.41, 5.74) is 2.31. The SMILES string of the molecule is CCn1ncc(Sc2ccc(Cl)cn2)c1-c1ccc2cc(C(=O)OC)ncc2c1. The predicted molar refractivity (Wildman–Crippen MR) is 113 cm³/mol. The maximum Gasteiger partial charge on any atom is 0.356 e. The molecule has 0 bridgehead atoms. The van der Waals surface area contributed by atoms with Crippen molar-refractivity contribution in [3.63, 3.8) is 0 Å². The van der Waals surface area contributed by atoms with Gasteiger partial charge in [-0.05, 0) is 36.6 Å². The van der Waals surface area contributed by atoms with Gasteiger partial charge >= 0.3 is 5.97 Å². The van der Waals surface area contributed by atoms with E-state index in [1.807, 2.05) is 41.2 Å². The molecule has 29 heavy (non-hydrogen) atoms. The number of carbonyl (C=O) groups is 1. The van der Waals surface area contributed by atoms with Crippen LogP contribution in [0.2, 0.25) is 5.02 Å². The topological polar surface area (TPSA) is 69.9 Å². The van der Waals surface area contributed by atoms with Crippen LogP contribution in [0.4, 0.5) is 0 Å². The van der Waals surface area contributed by atoms with Gasteiger partial charge in [-0.2, -0.15) is 5.10 Å². The molecule has 0 unspecified atom stereocenters. The summed E-state index contributed by atoms with van der Waals surface area (Å²) in [5.74, 6) is -0.450. The van der Waals surface area contributed by atoms with Crippen LogP contribution in [-0.4, -0.2) is 32.8 Å². The smallest absolute Gasteiger partial charge is 0.356 e. The highest BCUT2D eigenvalue weighted by molar-refractivity contribution is 7.99. The van der Waals surface area contributed by atoms with E-state index in [1.165, 1.54) is 18.9 Å². The van der Waals surface area contributed by atoms with Crippen molar-refractivity contribution in [2.45, 2.75) is 23.4 Å². The minimum atomic E-state index is -0.450. The van der Waals surface area contributed by atoms with Crippen molar-refractivity contribution in [3.8, 4) is 11.3 Å². The van der Waals surface area contributed by atoms with Gasteiger partial charge in [0, 0.05) is 29.9 Å². The second kappa shape index (κ2) is 8.23. The molecule has 0 N–H and O–H groups in total. The first-order chi connectivity index (χ1) is 14.1. The molecule has 0 aliphatic heterocycles. The quantitative estimate of drug-likeness (QED) is 0.415. The molecule has 0 aliphatic carbocycles. The molecule has 1 aromatic carbocycles. The molecule has 4 rings (SSSR count). The molecule has 0 radical (unpaired) electrons. The van der Waals surface area contributed by atoms with E-state index in [1.54, 1.807) is 18.5 Å². The maximum absolute atomic E-state index is 11.7. The summed E-state index contributed by atoms with van der Waals surface area (Å²) in [7, 11) is 1.35. The molecule has 0 aliphatic rings. The third-order valence-electron chi connectivity index (χ3n) is 4.41. The highest BCUT2D eigenvalue weighted by Gasteiger charge is 2.15. The Morgan fingerprint density at radius 3 is 2.69 bits per heavy atom. The van der Waals surface area contributed by atoms with Crippen molar-refractivity contribution in [1.82, 2.24) is 19.7 Å². The van der Waals surface area contributed by atoms with Gasteiger partial charge in [-0.3, -0.25) is 4.68 Å². The van der Waals surface area contributed by atoms with E-state index in [0.717, 1.165) is 38.5 Å². The lowest BCUT2D eigenvalue weighted by atomic mass is 10.1. The zero-order valence-electron chi connectivity index (χ0n) is 15.8. The number of aryl methyl sites for hydroxylation is 1. The molecular weight excluding hydrogens is 408 g/mol. The van der Waals surface area contributed by atoms with Gasteiger partial charge in [0.2, 0.25) is 0 Å². The van der Waals surface area contributed by atoms with E-state index in [9.17, 15) is 4.79 Å². The molecule has 0 saturated carbocycles. The van der Waals surface area contributed by atoms with Crippen LogP contribution in [0, 0.1) is 0 Å². The van der Waals surface area contributed by atoms with Crippen molar-refractivity contribution in [2.24, 2.45) is 0 Å². The Balaban J connectivity index is 1.75. The average molecular weight is 425 g/mol. The van der Waals surface area contributed by atoms with Gasteiger partial charge in [-0.25, -0.2) is 14.8 Å². The summed E-state index contributed by atoms with van der Waals surface area (Å²) in [6.45, 7) is 2.79. The van der Waals surface area contributed by atoms with E-state index in [2.05, 4.69) is 22.0 Å². The van der Waals surface area contributed by atoms with E-state index < -0.39 is 5.97 Å². The number of fused-ring (bicyclic) bond motifs is 1. The lowest BCUT2D eigenvalue weighted by molar-refractivity contribution is 0.0594. The lowest BCUT2D eigenvalue weighted by Crippen LogP contribution is -2.03. The summed E-state index contributed by atoms with van der Waals surface area (Å²) < 4.78 is 6.70. The van der Waals surface area contributed by atoms with Crippen molar-refractivity contribution >= 4 is 40.1 Å². The first-order valence-corrected chi connectivity index (χ1v) is 10.1. The number of hydrogen-bond donors (Lipinski definition) is 0. The molecule has 0 saturated heterocycles. The summed E-state index contributed by atoms with van der Waals surface area (Å²) in [6.07, 6.45) is 5.17. The van der Waals surface area contributed by atoms with Crippen LogP contribution in [0.3, 0.4) is 0 Å². The molecule has 0 atom stereocenters. The Morgan fingerprint density at radius 2 is 1.97 bits per heavy atom. The van der Waals surface area contributed by atoms with Crippen molar-refractivity contribution < 1.29 is 9.53 Å². The zero-order chi connectivity index (χ0) is 20.4. The maximum atomic E-state index is 11.7. The van der Waals surface area contributed by atoms with Crippen LogP contribution < -0.4 is 0 Å². The van der Waals surface area contributed by atoms with Crippen molar-refractivity contribution in [3.05, 3.63) is 65.7 Å². The highest BCUT2D eigenvalue weighted by Crippen LogP contribution is 2.36. The summed E-state index contributed by atoms with van der Waals surface area (Å²) >= 11 is 7.48. The number of hydrogen-bond acceptors (Lipinski definition) is 6. The molecule has 3 heterocycles. The molecule has 0 spiro atoms. The third kappa shape index (κ3) is 3.97. The molecule has 3 aromatic heterocycles. The standard InChI is InChI=1S/C21H17ClN4O2S/c1-3-26-20(18(12-25-26)29-19-7-6-16(22)11-24-19)14-5-4-13-9-17(21(27)28-2)23-10-15(13)8-14/h4-12H,3H2,1-2H3. The normalized spacial score (nSPS) is 11.0. The van der Waals surface area contributed by atoms with E-state index >= 15 is 0 Å². The molecular formula is C21H17ClN4O2S. The largest absolute Gasteiger partial charge is 0.464 e. The van der Waals surface area contributed by atoms with E-state index in [-0.39, 0.29) is 5.69 Å². The fourth-order valence-electron chi connectivity index (χ4n) is 3.01. The first-order valence-electron chi connectivity index (χ1n) is 8.92. The van der Waals surface area contributed by atoms with Gasteiger partial charge in [-0.15, -0.1) is 0 Å². The average Bonchev–Trinajstić information content (AvgIpc) is 3.16. The Kier molecular flexibility index (Phi) is 5.51. The number of halogens is 1. The Labute approximate surface area is 176 Å². The fraction of sp³-hybridized carbons (Fsp3) is 0.143. The number of benzene rings is 1. The zero-order valence-corrected chi connectivity index (χ0v) is 17.4. The van der Waals surface area contributed by atoms with Gasteiger partial charge in [0.1, 0.15) is 10.7 Å². The number of nitrogens with zero attached hydrogens (tertiary/aromatic N) is 4. The van der Waals surface area contributed by atoms with Crippen LogP contribution in [0.15, 0.2) is 64.9 Å². The van der Waals surface area contributed by atoms with E-state index in [4.69, 9.17) is 16.3 Å². The monoisotopic (exact) mass is 424 g/mol. The Bertz CT molecular complexity index is 1190. The van der Waals surface area contributed by atoms with Gasteiger partial charge in [0.05, 0.1) is 28.9 Å². The number of carbonyl (C=O) groups excluding carboxylic acids is 1. The summed E-state index contributed by atoms with van der Waals surface area (Å²) in [5, 5.41) is 7.81. The summed E-state index contributed by atoms with van der Waals surface area (Å²) in [6, 6.07) is 11.5. The lowest BCUT2D eigenvalue weighted by Gasteiger charge is -2.10. The third-order valence-corrected chi connectivity index (χ3v) is 5.60. The highest BCUT2D eigenvalue weighted by atomic mass is 35.5. The van der Waals surface area contributed by atoms with Gasteiger partial charge in [-0.1, -0.05) is 35.5 Å². The molecule has 0 amide bonds. The minimum Gasteiger partial charge on any atom is -0.464 e. The number of aromatic nitrogens is 4. The molecule has 146 valence electrons. The van der Waals surface area contributed by atoms with Crippen LogP contribution in [0.5, 0.6) is 0 Å². The summed E-state index contributed by atoms with van der Waals surface area (Å²) in [4.78, 5) is 21.3. The number of pyridine rings is 2. The van der Waals surface area contributed by atoms with Crippen molar-refractivity contribution in [1.29, 1.82) is 0 Å². The predicted octanol–water partition coefficient (Wildman–Crippen LogP) is 5.10. The second-order valence-electron chi connectivity index (χ2n) is 6.21. The minimum absolute atomic E-state index is 0.288. The molecule has 0 fully saturated rings. The number of ether oxygens (including phenoxy) is 1. The van der Waals surface area contributed by atoms with Crippen LogP contribution in [0.25, 0.3) is 22.0 Å². The van der Waals surface area contributed by atoms with Crippen LogP contribution in [-0.2, 0) is 11.3 Å². The van der Waals surface area contributed by atoms with E-state index in [0.29, 0.717) is 5.02 Å². The first kappa shape index (κ1) is 19.4. The van der Waals surface area contributed by atoms with Crippen LogP contribution in [0.1, 0.15) is 17.4 Å². The van der Waals surface area contributed by atoms with Crippen LogP contribution >= 0.6 is 23.4 Å². The second-order valence-corrected chi connectivity index (χ2v) is 7.71. The van der Waals surface area contributed by atoms with Gasteiger partial charge in [0.25, 0.3) is 0 Å². The van der Waals surface area contributed by atoms with Gasteiger partial charge < -0.3 is 4.74 Å². The number of methoxy groups -OCH3 is 1.